The van der Waals surface area contributed by atoms with E-state index in [1.807, 2.05) is 60.7 Å². The number of hydrogen-bond acceptors (Lipinski definition) is 6. The number of benzene rings is 3. The summed E-state index contributed by atoms with van der Waals surface area (Å²) in [5.74, 6) is -0.937. The number of carbonyl (C=O) groups excluding carboxylic acids is 2. The highest BCUT2D eigenvalue weighted by atomic mass is 16.5. The number of aromatic amines is 1. The smallest absolute Gasteiger partial charge is 0.339 e. The fourth-order valence-corrected chi connectivity index (χ4v) is 5.07. The van der Waals surface area contributed by atoms with Crippen molar-refractivity contribution >= 4 is 28.6 Å². The lowest BCUT2D eigenvalue weighted by molar-refractivity contribution is -0.119. The zero-order valence-electron chi connectivity index (χ0n) is 21.7. The molecule has 1 aliphatic rings. The fourth-order valence-electron chi connectivity index (χ4n) is 5.07. The van der Waals surface area contributed by atoms with Crippen LogP contribution in [0, 0.1) is 0 Å². The number of hydrogen-bond donors (Lipinski definition) is 2. The van der Waals surface area contributed by atoms with Gasteiger partial charge >= 0.3 is 5.97 Å². The fraction of sp³-hybridized carbons (Fsp3) is 0.161. The van der Waals surface area contributed by atoms with E-state index in [1.165, 1.54) is 16.3 Å². The van der Waals surface area contributed by atoms with Crippen molar-refractivity contribution in [3.63, 3.8) is 0 Å². The third kappa shape index (κ3) is 5.27. The lowest BCUT2D eigenvalue weighted by atomic mass is 9.95. The lowest BCUT2D eigenvalue weighted by Crippen LogP contribution is -2.32. The van der Waals surface area contributed by atoms with Crippen LogP contribution in [0.1, 0.15) is 27.2 Å². The first-order valence-electron chi connectivity index (χ1n) is 13.1. The number of aromatic nitrogens is 3. The van der Waals surface area contributed by atoms with Crippen LogP contribution in [0.4, 0.5) is 5.82 Å². The Labute approximate surface area is 230 Å². The molecule has 0 radical (unpaired) electrons. The molecule has 3 heterocycles. The van der Waals surface area contributed by atoms with Crippen LogP contribution < -0.4 is 10.9 Å². The summed E-state index contributed by atoms with van der Waals surface area (Å²) in [4.78, 5) is 45.6. The SMILES string of the molecule is O=C(COC(=O)c1c2c(nc3ccccc13)CCN(Cc1ccccc1)C2)Nc1cc(=O)n(-c2ccccc2)[nH]1. The number of nitrogens with zero attached hydrogens (tertiary/aromatic N) is 3. The molecule has 0 unspecified atom stereocenters. The van der Waals surface area contributed by atoms with E-state index >= 15 is 0 Å². The van der Waals surface area contributed by atoms with Gasteiger partial charge in [-0.05, 0) is 23.8 Å². The van der Waals surface area contributed by atoms with E-state index in [9.17, 15) is 14.4 Å². The molecule has 200 valence electrons. The van der Waals surface area contributed by atoms with Crippen molar-refractivity contribution in [2.75, 3.05) is 18.5 Å². The molecule has 1 aliphatic heterocycles. The van der Waals surface area contributed by atoms with E-state index in [2.05, 4.69) is 27.4 Å². The number of nitrogens with one attached hydrogen (secondary N) is 2. The molecule has 0 saturated heterocycles. The Hall–Kier alpha value is -5.02. The molecule has 2 aromatic heterocycles. The van der Waals surface area contributed by atoms with Crippen LogP contribution >= 0.6 is 0 Å². The molecule has 0 saturated carbocycles. The van der Waals surface area contributed by atoms with Crippen molar-refractivity contribution in [1.82, 2.24) is 19.7 Å². The minimum atomic E-state index is -0.582. The largest absolute Gasteiger partial charge is 0.452 e. The molecule has 6 rings (SSSR count). The highest BCUT2D eigenvalue weighted by Gasteiger charge is 2.27. The predicted molar refractivity (Wildman–Crippen MR) is 151 cm³/mol. The van der Waals surface area contributed by atoms with Crippen molar-refractivity contribution in [3.05, 3.63) is 124 Å². The van der Waals surface area contributed by atoms with Crippen molar-refractivity contribution in [3.8, 4) is 5.69 Å². The zero-order chi connectivity index (χ0) is 27.5. The van der Waals surface area contributed by atoms with Crippen LogP contribution in [0.5, 0.6) is 0 Å². The summed E-state index contributed by atoms with van der Waals surface area (Å²) in [6.07, 6.45) is 0.708. The maximum absolute atomic E-state index is 13.5. The number of fused-ring (bicyclic) bond motifs is 2. The second kappa shape index (κ2) is 11.0. The van der Waals surface area contributed by atoms with Gasteiger partial charge in [-0.1, -0.05) is 66.7 Å². The Kier molecular flexibility index (Phi) is 6.95. The average molecular weight is 534 g/mol. The number of para-hydroxylation sites is 2. The summed E-state index contributed by atoms with van der Waals surface area (Å²) >= 11 is 0. The Morgan fingerprint density at radius 3 is 2.48 bits per heavy atom. The van der Waals surface area contributed by atoms with Gasteiger partial charge < -0.3 is 10.1 Å². The number of ether oxygens (including phenoxy) is 1. The number of pyridine rings is 1. The van der Waals surface area contributed by atoms with E-state index in [-0.39, 0.29) is 11.4 Å². The maximum Gasteiger partial charge on any atom is 0.339 e. The molecule has 3 aromatic carbocycles. The highest BCUT2D eigenvalue weighted by molar-refractivity contribution is 6.06. The van der Waals surface area contributed by atoms with Crippen LogP contribution in [-0.4, -0.2) is 44.7 Å². The maximum atomic E-state index is 13.5. The Morgan fingerprint density at radius 2 is 1.68 bits per heavy atom. The third-order valence-electron chi connectivity index (χ3n) is 6.92. The van der Waals surface area contributed by atoms with Gasteiger partial charge in [0.1, 0.15) is 5.82 Å². The van der Waals surface area contributed by atoms with Gasteiger partial charge in [0.15, 0.2) is 6.61 Å². The molecular formula is C31H27N5O4. The Balaban J connectivity index is 1.20. The standard InChI is InChI=1S/C31H27N5O4/c37-28(33-27-17-29(38)36(34-27)22-11-5-2-6-12-22)20-40-31(39)30-23-13-7-8-14-25(23)32-26-15-16-35(19-24(26)30)18-21-9-3-1-4-10-21/h1-14,17,34H,15-16,18-20H2,(H,33,37). The summed E-state index contributed by atoms with van der Waals surface area (Å²) in [7, 11) is 0. The number of anilines is 1. The van der Waals surface area contributed by atoms with Crippen LogP contribution in [0.3, 0.4) is 0 Å². The van der Waals surface area contributed by atoms with Crippen LogP contribution in [0.15, 0.2) is 95.8 Å². The summed E-state index contributed by atoms with van der Waals surface area (Å²) in [5.41, 5.74) is 4.36. The minimum Gasteiger partial charge on any atom is -0.452 e. The molecule has 0 fully saturated rings. The van der Waals surface area contributed by atoms with Gasteiger partial charge in [-0.15, -0.1) is 0 Å². The highest BCUT2D eigenvalue weighted by Crippen LogP contribution is 2.29. The molecule has 0 aliphatic carbocycles. The van der Waals surface area contributed by atoms with Gasteiger partial charge in [-0.3, -0.25) is 24.6 Å². The van der Waals surface area contributed by atoms with E-state index in [0.29, 0.717) is 35.1 Å². The molecule has 0 bridgehead atoms. The van der Waals surface area contributed by atoms with Gasteiger partial charge in [0.25, 0.3) is 11.5 Å². The Morgan fingerprint density at radius 1 is 0.950 bits per heavy atom. The number of H-pyrrole nitrogens is 1. The average Bonchev–Trinajstić information content (AvgIpc) is 3.35. The summed E-state index contributed by atoms with van der Waals surface area (Å²) in [5, 5.41) is 6.15. The second-order valence-electron chi connectivity index (χ2n) is 9.68. The summed E-state index contributed by atoms with van der Waals surface area (Å²) in [6.45, 7) is 1.62. The molecule has 2 N–H and O–H groups in total. The van der Waals surface area contributed by atoms with Crippen molar-refractivity contribution in [1.29, 1.82) is 0 Å². The normalized spacial score (nSPS) is 13.1. The van der Waals surface area contributed by atoms with E-state index in [0.717, 1.165) is 24.3 Å². The molecule has 9 nitrogen and oxygen atoms in total. The molecule has 5 aromatic rings. The Bertz CT molecular complexity index is 1740. The second-order valence-corrected chi connectivity index (χ2v) is 9.68. The van der Waals surface area contributed by atoms with Crippen LogP contribution in [-0.2, 0) is 29.0 Å². The molecule has 1 amide bonds. The van der Waals surface area contributed by atoms with Crippen molar-refractivity contribution < 1.29 is 14.3 Å². The van der Waals surface area contributed by atoms with Crippen LogP contribution in [0.2, 0.25) is 0 Å². The molecule has 0 spiro atoms. The van der Waals surface area contributed by atoms with Crippen molar-refractivity contribution in [2.45, 2.75) is 19.5 Å². The van der Waals surface area contributed by atoms with Gasteiger partial charge in [-0.25, -0.2) is 9.48 Å². The van der Waals surface area contributed by atoms with Gasteiger partial charge in [0.05, 0.1) is 16.8 Å². The number of carbonyl (C=O) groups is 2. The first-order chi connectivity index (χ1) is 19.5. The first kappa shape index (κ1) is 25.3. The number of rotatable bonds is 7. The predicted octanol–water partition coefficient (Wildman–Crippen LogP) is 4.07. The molecule has 0 atom stereocenters. The summed E-state index contributed by atoms with van der Waals surface area (Å²) in [6, 6.07) is 28.0. The topological polar surface area (TPSA) is 109 Å². The molecule has 40 heavy (non-hydrogen) atoms. The van der Waals surface area contributed by atoms with Crippen molar-refractivity contribution in [2.24, 2.45) is 0 Å². The van der Waals surface area contributed by atoms with E-state index < -0.39 is 18.5 Å². The number of esters is 1. The van der Waals surface area contributed by atoms with Gasteiger partial charge in [0.2, 0.25) is 0 Å². The number of amides is 1. The van der Waals surface area contributed by atoms with E-state index in [1.54, 1.807) is 12.1 Å². The zero-order valence-corrected chi connectivity index (χ0v) is 21.7. The first-order valence-corrected chi connectivity index (χ1v) is 13.1. The van der Waals surface area contributed by atoms with E-state index in [4.69, 9.17) is 9.72 Å². The molecule has 9 heteroatoms. The monoisotopic (exact) mass is 533 g/mol. The van der Waals surface area contributed by atoms with Gasteiger partial charge in [0, 0.05) is 48.8 Å². The third-order valence-corrected chi connectivity index (χ3v) is 6.92. The molecular weight excluding hydrogens is 506 g/mol. The quantitative estimate of drug-likeness (QED) is 0.305. The summed E-state index contributed by atoms with van der Waals surface area (Å²) < 4.78 is 6.83. The minimum absolute atomic E-state index is 0.207. The lowest BCUT2D eigenvalue weighted by Gasteiger charge is -2.30. The van der Waals surface area contributed by atoms with Gasteiger partial charge in [-0.2, -0.15) is 0 Å². The van der Waals surface area contributed by atoms with Crippen LogP contribution in [0.25, 0.3) is 16.6 Å².